The lowest BCUT2D eigenvalue weighted by molar-refractivity contribution is -0.144. The van der Waals surface area contributed by atoms with Crippen LogP contribution in [0.1, 0.15) is 42.3 Å². The number of fused-ring (bicyclic) bond motifs is 1. The Morgan fingerprint density at radius 1 is 0.863 bits per heavy atom. The van der Waals surface area contributed by atoms with E-state index in [2.05, 4.69) is 101 Å². The maximum Gasteiger partial charge on any atom is 0.247 e. The number of nitrogens with zero attached hydrogens (tertiary/aromatic N) is 5. The second kappa shape index (κ2) is 15.4. The van der Waals surface area contributed by atoms with Crippen LogP contribution >= 0.6 is 12.9 Å². The number of ether oxygens (including phenoxy) is 2. The van der Waals surface area contributed by atoms with Gasteiger partial charge in [-0.2, -0.15) is 9.97 Å². The molecule has 0 spiro atoms. The molecule has 11 heteroatoms. The van der Waals surface area contributed by atoms with E-state index in [0.29, 0.717) is 24.3 Å². The van der Waals surface area contributed by atoms with Crippen LogP contribution in [0, 0.1) is 5.92 Å². The Morgan fingerprint density at radius 3 is 1.98 bits per heavy atom. The minimum atomic E-state index is -0.702. The van der Waals surface area contributed by atoms with Crippen molar-refractivity contribution in [2.24, 2.45) is 5.92 Å². The molecule has 0 aliphatic carbocycles. The molecule has 1 fully saturated rings. The molecule has 260 valence electrons. The SMILES string of the molecule is CC(C)C(=O)Nc1nc(OCc2ccccc2)c2ncn([C@H]3CN(C(c4ccccc4)(c4ccccc4)c4ccccc4)CC(COS)O3)c2n1. The fraction of sp³-hybridized carbons (Fsp3) is 0.250. The van der Waals surface area contributed by atoms with E-state index >= 15 is 0 Å². The molecule has 4 aromatic carbocycles. The van der Waals surface area contributed by atoms with Gasteiger partial charge in [0.15, 0.2) is 11.2 Å². The highest BCUT2D eigenvalue weighted by Gasteiger charge is 2.46. The van der Waals surface area contributed by atoms with Crippen molar-refractivity contribution in [2.45, 2.75) is 38.3 Å². The number of aromatic nitrogens is 4. The highest BCUT2D eigenvalue weighted by atomic mass is 32.1. The molecule has 2 atom stereocenters. The summed E-state index contributed by atoms with van der Waals surface area (Å²) in [6.45, 7) is 5.13. The Labute approximate surface area is 303 Å². The number of benzene rings is 4. The van der Waals surface area contributed by atoms with E-state index in [1.165, 1.54) is 0 Å². The third-order valence-corrected chi connectivity index (χ3v) is 9.29. The third kappa shape index (κ3) is 7.11. The number of anilines is 1. The first-order valence-corrected chi connectivity index (χ1v) is 17.4. The molecule has 1 aliphatic heterocycles. The molecule has 51 heavy (non-hydrogen) atoms. The van der Waals surface area contributed by atoms with Gasteiger partial charge in [0.2, 0.25) is 17.7 Å². The highest BCUT2D eigenvalue weighted by molar-refractivity contribution is 7.75. The van der Waals surface area contributed by atoms with Crippen LogP contribution in [0.2, 0.25) is 0 Å². The summed E-state index contributed by atoms with van der Waals surface area (Å²) < 4.78 is 20.3. The lowest BCUT2D eigenvalue weighted by atomic mass is 9.75. The molecule has 1 amide bonds. The maximum atomic E-state index is 12.8. The van der Waals surface area contributed by atoms with Crippen LogP contribution in [0.25, 0.3) is 11.2 Å². The van der Waals surface area contributed by atoms with Crippen molar-refractivity contribution in [2.75, 3.05) is 25.0 Å². The lowest BCUT2D eigenvalue weighted by Crippen LogP contribution is -2.57. The average molecular weight is 701 g/mol. The van der Waals surface area contributed by atoms with Gasteiger partial charge in [-0.1, -0.05) is 135 Å². The molecule has 0 radical (unpaired) electrons. The molecule has 0 saturated carbocycles. The largest absolute Gasteiger partial charge is 0.471 e. The first-order chi connectivity index (χ1) is 25.0. The molecule has 1 N–H and O–H groups in total. The molecule has 3 heterocycles. The van der Waals surface area contributed by atoms with E-state index in [4.69, 9.17) is 23.6 Å². The summed E-state index contributed by atoms with van der Waals surface area (Å²) in [5, 5.41) is 2.86. The molecule has 1 aliphatic rings. The van der Waals surface area contributed by atoms with Crippen LogP contribution in [0.4, 0.5) is 5.95 Å². The molecule has 7 rings (SSSR count). The van der Waals surface area contributed by atoms with Crippen LogP contribution in [-0.2, 0) is 25.9 Å². The Kier molecular flexibility index (Phi) is 10.4. The highest BCUT2D eigenvalue weighted by Crippen LogP contribution is 2.45. The number of nitrogens with one attached hydrogen (secondary N) is 1. The van der Waals surface area contributed by atoms with Crippen molar-refractivity contribution < 1.29 is 18.5 Å². The molecule has 1 unspecified atom stereocenters. The van der Waals surface area contributed by atoms with Crippen LogP contribution in [0.15, 0.2) is 128 Å². The quantitative estimate of drug-likeness (QED) is 0.0796. The van der Waals surface area contributed by atoms with Crippen LogP contribution in [0.3, 0.4) is 0 Å². The van der Waals surface area contributed by atoms with Crippen molar-refractivity contribution in [1.82, 2.24) is 24.4 Å². The van der Waals surface area contributed by atoms with Gasteiger partial charge in [0.25, 0.3) is 0 Å². The predicted octanol–water partition coefficient (Wildman–Crippen LogP) is 7.05. The Bertz CT molecular complexity index is 1950. The molecular weight excluding hydrogens is 661 g/mol. The second-order valence-electron chi connectivity index (χ2n) is 12.8. The first-order valence-electron chi connectivity index (χ1n) is 17.0. The summed E-state index contributed by atoms with van der Waals surface area (Å²) in [5.41, 5.74) is 4.53. The van der Waals surface area contributed by atoms with E-state index < -0.39 is 11.8 Å². The normalized spacial score (nSPS) is 16.7. The number of hydrogen-bond donors (Lipinski definition) is 2. The van der Waals surface area contributed by atoms with Crippen molar-refractivity contribution in [3.05, 3.63) is 150 Å². The number of thiol groups is 1. The lowest BCUT2D eigenvalue weighted by Gasteiger charge is -2.50. The summed E-state index contributed by atoms with van der Waals surface area (Å²) in [6.07, 6.45) is 0.758. The van der Waals surface area contributed by atoms with Gasteiger partial charge in [-0.3, -0.25) is 19.6 Å². The third-order valence-electron chi connectivity index (χ3n) is 9.14. The number of amides is 1. The smallest absolute Gasteiger partial charge is 0.247 e. The van der Waals surface area contributed by atoms with Gasteiger partial charge in [0.05, 0.1) is 24.6 Å². The van der Waals surface area contributed by atoms with E-state index in [1.54, 1.807) is 6.33 Å². The molecule has 1 saturated heterocycles. The Morgan fingerprint density at radius 2 is 1.43 bits per heavy atom. The Hall–Kier alpha value is -5.07. The molecule has 2 aromatic heterocycles. The molecular formula is C40H40N6O4S. The first kappa shape index (κ1) is 34.4. The van der Waals surface area contributed by atoms with E-state index in [1.807, 2.05) is 66.9 Å². The zero-order valence-corrected chi connectivity index (χ0v) is 29.4. The van der Waals surface area contributed by atoms with Gasteiger partial charge < -0.3 is 13.7 Å². The number of morpholine rings is 1. The van der Waals surface area contributed by atoms with Crippen molar-refractivity contribution >= 4 is 35.9 Å². The van der Waals surface area contributed by atoms with Crippen LogP contribution < -0.4 is 10.1 Å². The summed E-state index contributed by atoms with van der Waals surface area (Å²) >= 11 is 4.14. The zero-order valence-electron chi connectivity index (χ0n) is 28.5. The van der Waals surface area contributed by atoms with Crippen LogP contribution in [0.5, 0.6) is 5.88 Å². The van der Waals surface area contributed by atoms with E-state index in [0.717, 1.165) is 22.3 Å². The fourth-order valence-electron chi connectivity index (χ4n) is 6.74. The van der Waals surface area contributed by atoms with Gasteiger partial charge in [-0.15, -0.1) is 0 Å². The zero-order chi connectivity index (χ0) is 35.2. The number of rotatable bonds is 12. The molecule has 6 aromatic rings. The molecule has 10 nitrogen and oxygen atoms in total. The molecule has 0 bridgehead atoms. The maximum absolute atomic E-state index is 12.8. The van der Waals surface area contributed by atoms with Crippen molar-refractivity contribution in [3.63, 3.8) is 0 Å². The predicted molar refractivity (Wildman–Crippen MR) is 199 cm³/mol. The van der Waals surface area contributed by atoms with E-state index in [-0.39, 0.29) is 43.0 Å². The second-order valence-corrected chi connectivity index (χ2v) is 13.1. The van der Waals surface area contributed by atoms with Gasteiger partial charge in [-0.25, -0.2) is 4.98 Å². The monoisotopic (exact) mass is 700 g/mol. The summed E-state index contributed by atoms with van der Waals surface area (Å²) in [7, 11) is 0. The minimum Gasteiger partial charge on any atom is -0.471 e. The summed E-state index contributed by atoms with van der Waals surface area (Å²) in [5.74, 6) is -0.0982. The Balaban J connectivity index is 1.36. The number of hydrogen-bond acceptors (Lipinski definition) is 9. The topological polar surface area (TPSA) is 104 Å². The number of carbonyl (C=O) groups excluding carboxylic acids is 1. The minimum absolute atomic E-state index is 0.126. The van der Waals surface area contributed by atoms with Crippen molar-refractivity contribution in [1.29, 1.82) is 0 Å². The van der Waals surface area contributed by atoms with Gasteiger partial charge in [-0.05, 0) is 35.2 Å². The van der Waals surface area contributed by atoms with Crippen molar-refractivity contribution in [3.8, 4) is 5.88 Å². The van der Waals surface area contributed by atoms with Gasteiger partial charge in [0, 0.05) is 19.0 Å². The van der Waals surface area contributed by atoms with Gasteiger partial charge in [0.1, 0.15) is 12.8 Å². The summed E-state index contributed by atoms with van der Waals surface area (Å²) in [4.78, 5) is 29.4. The van der Waals surface area contributed by atoms with Gasteiger partial charge >= 0.3 is 0 Å². The number of carbonyl (C=O) groups is 1. The average Bonchev–Trinajstić information content (AvgIpc) is 3.60. The summed E-state index contributed by atoms with van der Waals surface area (Å²) in [6, 6.07) is 41.4. The fourth-order valence-corrected chi connectivity index (χ4v) is 6.91. The van der Waals surface area contributed by atoms with E-state index in [9.17, 15) is 4.79 Å². The number of imidazole rings is 1. The van der Waals surface area contributed by atoms with Crippen LogP contribution in [-0.4, -0.2) is 56.1 Å². The standard InChI is InChI=1S/C40H40N6O4S/c1-28(2)37(47)43-39-42-36-35(38(44-39)48-25-29-15-7-3-8-16-29)41-27-46(36)34-24-45(23-33(50-34)26-49-51)40(30-17-9-4-10-18-30,31-19-11-5-12-20-31)32-21-13-6-14-22-32/h3-22,27-28,33-34,51H,23-26H2,1-2H3,(H,42,43,44,47)/t33?,34-/m1/s1.